The number of halogens is 1. The zero-order valence-corrected chi connectivity index (χ0v) is 10.3. The predicted molar refractivity (Wildman–Crippen MR) is 65.5 cm³/mol. The number of hydrogen-bond acceptors (Lipinski definition) is 4. The van der Waals surface area contributed by atoms with Gasteiger partial charge in [-0.25, -0.2) is 9.78 Å². The van der Waals surface area contributed by atoms with E-state index in [9.17, 15) is 4.79 Å². The Morgan fingerprint density at radius 2 is 2.33 bits per heavy atom. The van der Waals surface area contributed by atoms with Crippen LogP contribution in [0.5, 0.6) is 5.75 Å². The first-order chi connectivity index (χ1) is 8.65. The van der Waals surface area contributed by atoms with Crippen molar-refractivity contribution in [3.8, 4) is 5.75 Å². The molecule has 1 fully saturated rings. The van der Waals surface area contributed by atoms with Gasteiger partial charge in [0.2, 0.25) is 0 Å². The van der Waals surface area contributed by atoms with Gasteiger partial charge in [0.15, 0.2) is 11.6 Å². The minimum absolute atomic E-state index is 0.00770. The second kappa shape index (κ2) is 4.20. The van der Waals surface area contributed by atoms with Crippen LogP contribution in [0.25, 0.3) is 0 Å². The molecule has 3 rings (SSSR count). The molecule has 2 aliphatic heterocycles. The maximum atomic E-state index is 11.0. The summed E-state index contributed by atoms with van der Waals surface area (Å²) in [6, 6.07) is 3.49. The largest absolute Gasteiger partial charge is 0.487 e. The lowest BCUT2D eigenvalue weighted by atomic mass is 10.1. The van der Waals surface area contributed by atoms with Crippen molar-refractivity contribution in [2.24, 2.45) is 0 Å². The molecule has 0 aromatic carbocycles. The summed E-state index contributed by atoms with van der Waals surface area (Å²) in [5.41, 5.74) is 0. The monoisotopic (exact) mass is 269 g/mol. The van der Waals surface area contributed by atoms with Crippen LogP contribution >= 0.6 is 11.6 Å². The average molecular weight is 270 g/mol. The highest BCUT2D eigenvalue weighted by atomic mass is 35.5. The number of carbonyl (C=O) groups is 1. The number of hydrogen-bond donors (Lipinski definition) is 1. The lowest BCUT2D eigenvalue weighted by Gasteiger charge is -2.43. The number of amides is 1. The highest BCUT2D eigenvalue weighted by Gasteiger charge is 2.35. The molecule has 1 N–H and O–H groups in total. The van der Waals surface area contributed by atoms with Gasteiger partial charge in [-0.2, -0.15) is 0 Å². The molecule has 1 atom stereocenters. The maximum absolute atomic E-state index is 11.0. The molecule has 1 aromatic heterocycles. The SMILES string of the molecule is O=C(O)N1CCN2c3nc(Cl)ccc3OCC2C1. The van der Waals surface area contributed by atoms with Gasteiger partial charge in [0.1, 0.15) is 11.8 Å². The Balaban J connectivity index is 1.88. The van der Waals surface area contributed by atoms with E-state index in [1.807, 2.05) is 0 Å². The topological polar surface area (TPSA) is 65.9 Å². The van der Waals surface area contributed by atoms with Gasteiger partial charge in [0.25, 0.3) is 0 Å². The molecule has 0 aliphatic carbocycles. The second-order valence-electron chi connectivity index (χ2n) is 4.34. The Hall–Kier alpha value is -1.69. The molecule has 1 unspecified atom stereocenters. The fraction of sp³-hybridized carbons (Fsp3) is 0.455. The number of aromatic nitrogens is 1. The van der Waals surface area contributed by atoms with Crippen LogP contribution in [0.3, 0.4) is 0 Å². The third-order valence-corrected chi connectivity index (χ3v) is 3.47. The van der Waals surface area contributed by atoms with Gasteiger partial charge in [-0.3, -0.25) is 0 Å². The summed E-state index contributed by atoms with van der Waals surface area (Å²) < 4.78 is 5.59. The molecule has 0 spiro atoms. The Morgan fingerprint density at radius 1 is 1.50 bits per heavy atom. The maximum Gasteiger partial charge on any atom is 0.407 e. The highest BCUT2D eigenvalue weighted by molar-refractivity contribution is 6.29. The van der Waals surface area contributed by atoms with Crippen molar-refractivity contribution >= 4 is 23.5 Å². The first kappa shape index (κ1) is 11.4. The number of ether oxygens (including phenoxy) is 1. The number of piperazine rings is 1. The molecule has 0 radical (unpaired) electrons. The van der Waals surface area contributed by atoms with Crippen LogP contribution < -0.4 is 9.64 Å². The van der Waals surface area contributed by atoms with Crippen molar-refractivity contribution in [2.75, 3.05) is 31.1 Å². The van der Waals surface area contributed by atoms with E-state index in [0.717, 1.165) is 0 Å². The fourth-order valence-corrected chi connectivity index (χ4v) is 2.51. The van der Waals surface area contributed by atoms with E-state index < -0.39 is 6.09 Å². The average Bonchev–Trinajstić information content (AvgIpc) is 2.37. The summed E-state index contributed by atoms with van der Waals surface area (Å²) >= 11 is 5.89. The van der Waals surface area contributed by atoms with Crippen molar-refractivity contribution in [1.29, 1.82) is 0 Å². The number of fused-ring (bicyclic) bond motifs is 3. The molecule has 7 heteroatoms. The third kappa shape index (κ3) is 1.82. The summed E-state index contributed by atoms with van der Waals surface area (Å²) in [6.45, 7) is 1.99. The first-order valence-electron chi connectivity index (χ1n) is 5.69. The van der Waals surface area contributed by atoms with Gasteiger partial charge in [0, 0.05) is 19.6 Å². The number of carboxylic acid groups (broad SMARTS) is 1. The molecule has 1 aromatic rings. The number of rotatable bonds is 0. The Morgan fingerprint density at radius 3 is 3.11 bits per heavy atom. The molecular formula is C11H12ClN3O3. The molecule has 6 nitrogen and oxygen atoms in total. The fourth-order valence-electron chi connectivity index (χ4n) is 2.37. The molecule has 0 bridgehead atoms. The van der Waals surface area contributed by atoms with E-state index in [-0.39, 0.29) is 6.04 Å². The molecule has 3 heterocycles. The predicted octanol–water partition coefficient (Wildman–Crippen LogP) is 1.30. The molecular weight excluding hydrogens is 258 g/mol. The Bertz CT molecular complexity index is 496. The molecule has 0 saturated carbocycles. The molecule has 96 valence electrons. The highest BCUT2D eigenvalue weighted by Crippen LogP contribution is 2.34. The lowest BCUT2D eigenvalue weighted by molar-refractivity contribution is 0.122. The minimum atomic E-state index is -0.889. The Kier molecular flexibility index (Phi) is 2.66. The summed E-state index contributed by atoms with van der Waals surface area (Å²) in [7, 11) is 0. The van der Waals surface area contributed by atoms with Gasteiger partial charge in [-0.1, -0.05) is 11.6 Å². The number of nitrogens with zero attached hydrogens (tertiary/aromatic N) is 3. The first-order valence-corrected chi connectivity index (χ1v) is 6.07. The van der Waals surface area contributed by atoms with E-state index in [1.165, 1.54) is 4.90 Å². The van der Waals surface area contributed by atoms with Crippen molar-refractivity contribution in [1.82, 2.24) is 9.88 Å². The van der Waals surface area contributed by atoms with Crippen LogP contribution in [0.4, 0.5) is 10.6 Å². The lowest BCUT2D eigenvalue weighted by Crippen LogP contribution is -2.58. The van der Waals surface area contributed by atoms with Crippen molar-refractivity contribution in [3.63, 3.8) is 0 Å². The summed E-state index contributed by atoms with van der Waals surface area (Å²) in [6.07, 6.45) is -0.889. The quantitative estimate of drug-likeness (QED) is 0.719. The van der Waals surface area contributed by atoms with E-state index in [2.05, 4.69) is 9.88 Å². The van der Waals surface area contributed by atoms with Crippen molar-refractivity contribution in [2.45, 2.75) is 6.04 Å². The van der Waals surface area contributed by atoms with Gasteiger partial charge in [-0.05, 0) is 12.1 Å². The minimum Gasteiger partial charge on any atom is -0.487 e. The van der Waals surface area contributed by atoms with Crippen LogP contribution in [0.15, 0.2) is 12.1 Å². The zero-order chi connectivity index (χ0) is 12.7. The molecule has 2 aliphatic rings. The number of anilines is 1. The van der Waals surface area contributed by atoms with E-state index in [1.54, 1.807) is 12.1 Å². The summed E-state index contributed by atoms with van der Waals surface area (Å²) in [4.78, 5) is 18.7. The van der Waals surface area contributed by atoms with Crippen molar-refractivity contribution in [3.05, 3.63) is 17.3 Å². The van der Waals surface area contributed by atoms with Gasteiger partial charge in [0.05, 0.1) is 6.04 Å². The molecule has 1 amide bonds. The van der Waals surface area contributed by atoms with E-state index >= 15 is 0 Å². The number of pyridine rings is 1. The summed E-state index contributed by atoms with van der Waals surface area (Å²) in [5, 5.41) is 9.41. The Labute approximate surface area is 109 Å². The van der Waals surface area contributed by atoms with Gasteiger partial charge < -0.3 is 19.6 Å². The third-order valence-electron chi connectivity index (χ3n) is 3.26. The van der Waals surface area contributed by atoms with Crippen LogP contribution in [-0.2, 0) is 0 Å². The summed E-state index contributed by atoms with van der Waals surface area (Å²) in [5.74, 6) is 1.42. The van der Waals surface area contributed by atoms with Crippen LogP contribution in [0, 0.1) is 0 Å². The normalized spacial score (nSPS) is 21.9. The standard InChI is InChI=1S/C11H12ClN3O3/c12-9-2-1-8-10(13-9)15-4-3-14(11(16)17)5-7(15)6-18-8/h1-2,7H,3-6H2,(H,16,17). The second-order valence-corrected chi connectivity index (χ2v) is 4.73. The van der Waals surface area contributed by atoms with Crippen LogP contribution in [0.1, 0.15) is 0 Å². The zero-order valence-electron chi connectivity index (χ0n) is 9.54. The van der Waals surface area contributed by atoms with E-state index in [0.29, 0.717) is 43.0 Å². The van der Waals surface area contributed by atoms with Crippen LogP contribution in [0.2, 0.25) is 5.15 Å². The molecule has 1 saturated heterocycles. The van der Waals surface area contributed by atoms with Gasteiger partial charge >= 0.3 is 6.09 Å². The van der Waals surface area contributed by atoms with Crippen molar-refractivity contribution < 1.29 is 14.6 Å². The van der Waals surface area contributed by atoms with E-state index in [4.69, 9.17) is 21.4 Å². The van der Waals surface area contributed by atoms with Crippen LogP contribution in [-0.4, -0.2) is 53.4 Å². The van der Waals surface area contributed by atoms with Gasteiger partial charge in [-0.15, -0.1) is 0 Å². The molecule has 18 heavy (non-hydrogen) atoms. The smallest absolute Gasteiger partial charge is 0.407 e.